The normalized spacial score (nSPS) is 14.4. The number of benzene rings is 2. The van der Waals surface area contributed by atoms with Crippen LogP contribution in [0.25, 0.3) is 0 Å². The van der Waals surface area contributed by atoms with Crippen molar-refractivity contribution in [1.82, 2.24) is 15.1 Å². The molecule has 1 aliphatic heterocycles. The summed E-state index contributed by atoms with van der Waals surface area (Å²) in [6, 6.07) is 15.2. The van der Waals surface area contributed by atoms with E-state index in [4.69, 9.17) is 0 Å². The molecular formula is C22H25N3O3. The molecule has 28 heavy (non-hydrogen) atoms. The van der Waals surface area contributed by atoms with Gasteiger partial charge in [0.25, 0.3) is 11.8 Å². The van der Waals surface area contributed by atoms with Crippen LogP contribution in [0.3, 0.4) is 0 Å². The van der Waals surface area contributed by atoms with E-state index in [1.807, 2.05) is 62.3 Å². The fourth-order valence-corrected chi connectivity index (χ4v) is 3.39. The van der Waals surface area contributed by atoms with Crippen LogP contribution >= 0.6 is 0 Å². The molecule has 0 fully saturated rings. The van der Waals surface area contributed by atoms with Crippen LogP contribution in [0.2, 0.25) is 0 Å². The number of nitrogens with zero attached hydrogens (tertiary/aromatic N) is 2. The van der Waals surface area contributed by atoms with Crippen molar-refractivity contribution >= 4 is 17.7 Å². The molecule has 0 aliphatic carbocycles. The first-order valence-electron chi connectivity index (χ1n) is 9.33. The van der Waals surface area contributed by atoms with Crippen LogP contribution in [-0.2, 0) is 4.79 Å². The fraction of sp³-hybridized carbons (Fsp3) is 0.318. The molecule has 2 aromatic rings. The van der Waals surface area contributed by atoms with Gasteiger partial charge in [0.15, 0.2) is 0 Å². The van der Waals surface area contributed by atoms with Crippen LogP contribution in [-0.4, -0.2) is 54.7 Å². The van der Waals surface area contributed by atoms with Gasteiger partial charge < -0.3 is 10.2 Å². The molecule has 0 aromatic heterocycles. The standard InChI is InChI=1S/C22H25N3O3/c1-15-9-10-17-18(13-15)22(28)25(21(17)27)12-11-20(26)23-14-19(24(2)3)16-7-5-4-6-8-16/h4-10,13,19H,11-12,14H2,1-3H3,(H,23,26)/t19-/m0/s1. The van der Waals surface area contributed by atoms with Crippen molar-refractivity contribution in [1.29, 1.82) is 0 Å². The van der Waals surface area contributed by atoms with Gasteiger partial charge in [0.2, 0.25) is 5.91 Å². The van der Waals surface area contributed by atoms with E-state index in [2.05, 4.69) is 5.32 Å². The Kier molecular flexibility index (Phi) is 5.90. The number of likely N-dealkylation sites (N-methyl/N-ethyl adjacent to an activating group) is 1. The third-order valence-corrected chi connectivity index (χ3v) is 4.99. The summed E-state index contributed by atoms with van der Waals surface area (Å²) in [5, 5.41) is 2.92. The zero-order valence-corrected chi connectivity index (χ0v) is 16.4. The summed E-state index contributed by atoms with van der Waals surface area (Å²) in [6.45, 7) is 2.41. The maximum absolute atomic E-state index is 12.5. The minimum absolute atomic E-state index is 0.0485. The number of rotatable bonds is 7. The molecule has 0 radical (unpaired) electrons. The van der Waals surface area contributed by atoms with Crippen molar-refractivity contribution in [3.05, 3.63) is 70.8 Å². The molecule has 0 unspecified atom stereocenters. The Morgan fingerprint density at radius 2 is 1.71 bits per heavy atom. The molecule has 1 atom stereocenters. The van der Waals surface area contributed by atoms with Gasteiger partial charge in [0, 0.05) is 19.5 Å². The number of imide groups is 1. The van der Waals surface area contributed by atoms with Crippen LogP contribution in [0.4, 0.5) is 0 Å². The molecule has 0 saturated heterocycles. The summed E-state index contributed by atoms with van der Waals surface area (Å²) in [5.74, 6) is -0.842. The number of hydrogen-bond donors (Lipinski definition) is 1. The predicted molar refractivity (Wildman–Crippen MR) is 107 cm³/mol. The molecule has 1 heterocycles. The highest BCUT2D eigenvalue weighted by atomic mass is 16.2. The van der Waals surface area contributed by atoms with E-state index in [0.717, 1.165) is 16.0 Å². The number of amides is 3. The summed E-state index contributed by atoms with van der Waals surface area (Å²) in [4.78, 5) is 40.4. The van der Waals surface area contributed by atoms with Gasteiger partial charge in [-0.2, -0.15) is 0 Å². The van der Waals surface area contributed by atoms with Gasteiger partial charge in [-0.25, -0.2) is 0 Å². The number of hydrogen-bond acceptors (Lipinski definition) is 4. The van der Waals surface area contributed by atoms with Gasteiger partial charge in [-0.1, -0.05) is 42.0 Å². The van der Waals surface area contributed by atoms with Crippen LogP contribution in [0.1, 0.15) is 44.3 Å². The largest absolute Gasteiger partial charge is 0.354 e. The second-order valence-electron chi connectivity index (χ2n) is 7.26. The van der Waals surface area contributed by atoms with E-state index >= 15 is 0 Å². The minimum Gasteiger partial charge on any atom is -0.354 e. The molecule has 3 rings (SSSR count). The molecular weight excluding hydrogens is 354 g/mol. The van der Waals surface area contributed by atoms with E-state index in [1.54, 1.807) is 12.1 Å². The molecule has 6 heteroatoms. The Balaban J connectivity index is 1.56. The van der Waals surface area contributed by atoms with Gasteiger partial charge in [-0.15, -0.1) is 0 Å². The lowest BCUT2D eigenvalue weighted by atomic mass is 10.1. The van der Waals surface area contributed by atoms with Crippen molar-refractivity contribution in [3.8, 4) is 0 Å². The van der Waals surface area contributed by atoms with Crippen molar-refractivity contribution in [2.24, 2.45) is 0 Å². The molecule has 146 valence electrons. The monoisotopic (exact) mass is 379 g/mol. The first-order valence-corrected chi connectivity index (χ1v) is 9.33. The van der Waals surface area contributed by atoms with Gasteiger partial charge in [0.1, 0.15) is 0 Å². The lowest BCUT2D eigenvalue weighted by molar-refractivity contribution is -0.121. The van der Waals surface area contributed by atoms with Crippen LogP contribution in [0.5, 0.6) is 0 Å². The lowest BCUT2D eigenvalue weighted by Crippen LogP contribution is -2.37. The Morgan fingerprint density at radius 3 is 2.39 bits per heavy atom. The highest BCUT2D eigenvalue weighted by Gasteiger charge is 2.35. The molecule has 1 aliphatic rings. The molecule has 6 nitrogen and oxygen atoms in total. The van der Waals surface area contributed by atoms with Crippen molar-refractivity contribution < 1.29 is 14.4 Å². The van der Waals surface area contributed by atoms with E-state index in [1.165, 1.54) is 0 Å². The Hall–Kier alpha value is -2.99. The van der Waals surface area contributed by atoms with Crippen molar-refractivity contribution in [2.45, 2.75) is 19.4 Å². The van der Waals surface area contributed by atoms with Crippen LogP contribution in [0.15, 0.2) is 48.5 Å². The van der Waals surface area contributed by atoms with E-state index in [0.29, 0.717) is 17.7 Å². The zero-order valence-electron chi connectivity index (χ0n) is 16.4. The summed E-state index contributed by atoms with van der Waals surface area (Å²) in [7, 11) is 3.93. The van der Waals surface area contributed by atoms with E-state index < -0.39 is 0 Å². The summed E-state index contributed by atoms with van der Waals surface area (Å²) in [5.41, 5.74) is 2.87. The fourth-order valence-electron chi connectivity index (χ4n) is 3.39. The Labute approximate surface area is 165 Å². The molecule has 0 bridgehead atoms. The smallest absolute Gasteiger partial charge is 0.261 e. The third kappa shape index (κ3) is 4.12. The quantitative estimate of drug-likeness (QED) is 0.750. The number of fused-ring (bicyclic) bond motifs is 1. The molecule has 2 aromatic carbocycles. The predicted octanol–water partition coefficient (Wildman–Crippen LogP) is 2.40. The zero-order chi connectivity index (χ0) is 20.3. The van der Waals surface area contributed by atoms with E-state index in [9.17, 15) is 14.4 Å². The number of carbonyl (C=O) groups is 3. The molecule has 1 N–H and O–H groups in total. The van der Waals surface area contributed by atoms with Crippen LogP contribution < -0.4 is 5.32 Å². The maximum atomic E-state index is 12.5. The van der Waals surface area contributed by atoms with E-state index in [-0.39, 0.29) is 36.7 Å². The summed E-state index contributed by atoms with van der Waals surface area (Å²) in [6.07, 6.45) is 0.0827. The summed E-state index contributed by atoms with van der Waals surface area (Å²) < 4.78 is 0. The average molecular weight is 379 g/mol. The third-order valence-electron chi connectivity index (χ3n) is 4.99. The Morgan fingerprint density at radius 1 is 1.04 bits per heavy atom. The van der Waals surface area contributed by atoms with Crippen molar-refractivity contribution in [2.75, 3.05) is 27.2 Å². The Bertz CT molecular complexity index is 893. The lowest BCUT2D eigenvalue weighted by Gasteiger charge is -2.25. The van der Waals surface area contributed by atoms with Gasteiger partial charge in [-0.3, -0.25) is 19.3 Å². The molecule has 0 saturated carbocycles. The number of carbonyl (C=O) groups excluding carboxylic acids is 3. The highest BCUT2D eigenvalue weighted by molar-refractivity contribution is 6.21. The second kappa shape index (κ2) is 8.35. The van der Waals surface area contributed by atoms with Gasteiger partial charge in [-0.05, 0) is 38.7 Å². The SMILES string of the molecule is Cc1ccc2c(c1)C(=O)N(CCC(=O)NC[C@@H](c1ccccc1)N(C)C)C2=O. The first-order chi connectivity index (χ1) is 13.4. The molecule has 3 amide bonds. The minimum atomic E-state index is -0.330. The second-order valence-corrected chi connectivity index (χ2v) is 7.26. The number of aryl methyl sites for hydroxylation is 1. The van der Waals surface area contributed by atoms with Gasteiger partial charge in [0.05, 0.1) is 17.2 Å². The average Bonchev–Trinajstić information content (AvgIpc) is 2.90. The topological polar surface area (TPSA) is 69.7 Å². The maximum Gasteiger partial charge on any atom is 0.261 e. The first kappa shape index (κ1) is 19.8. The summed E-state index contributed by atoms with van der Waals surface area (Å²) >= 11 is 0. The van der Waals surface area contributed by atoms with Gasteiger partial charge >= 0.3 is 0 Å². The number of nitrogens with one attached hydrogen (secondary N) is 1. The van der Waals surface area contributed by atoms with Crippen LogP contribution in [0, 0.1) is 6.92 Å². The van der Waals surface area contributed by atoms with Crippen molar-refractivity contribution in [3.63, 3.8) is 0 Å². The highest BCUT2D eigenvalue weighted by Crippen LogP contribution is 2.24. The molecule has 0 spiro atoms.